The lowest BCUT2D eigenvalue weighted by Crippen LogP contribution is -2.55. The van der Waals surface area contributed by atoms with Crippen molar-refractivity contribution in [1.82, 2.24) is 16.0 Å². The minimum Gasteiger partial charge on any atom is -0.446 e. The van der Waals surface area contributed by atoms with Crippen molar-refractivity contribution in [2.24, 2.45) is 5.92 Å². The molecule has 1 aliphatic carbocycles. The quantitative estimate of drug-likeness (QED) is 0.412. The topological polar surface area (TPSA) is 123 Å². The second-order valence-electron chi connectivity index (χ2n) is 9.76. The van der Waals surface area contributed by atoms with Crippen molar-refractivity contribution >= 4 is 23.7 Å². The van der Waals surface area contributed by atoms with Crippen molar-refractivity contribution in [3.63, 3.8) is 0 Å². The van der Waals surface area contributed by atoms with Gasteiger partial charge in [0.15, 0.2) is 0 Å². The Morgan fingerprint density at radius 1 is 0.971 bits per heavy atom. The summed E-state index contributed by atoms with van der Waals surface area (Å²) >= 11 is 0. The zero-order valence-electron chi connectivity index (χ0n) is 20.6. The first-order valence-corrected chi connectivity index (χ1v) is 12.6. The van der Waals surface area contributed by atoms with E-state index in [4.69, 9.17) is 9.47 Å². The number of carbonyl (C=O) groups excluding carboxylic acids is 4. The summed E-state index contributed by atoms with van der Waals surface area (Å²) in [6, 6.07) is 7.27. The maximum absolute atomic E-state index is 13.2. The first-order valence-electron chi connectivity index (χ1n) is 12.6. The molecule has 9 heteroatoms. The van der Waals surface area contributed by atoms with E-state index in [1.165, 1.54) is 0 Å². The van der Waals surface area contributed by atoms with E-state index in [0.29, 0.717) is 32.5 Å². The molecule has 9 nitrogen and oxygen atoms in total. The van der Waals surface area contributed by atoms with Crippen LogP contribution in [0.1, 0.15) is 57.9 Å². The molecule has 1 aromatic carbocycles. The number of carbonyl (C=O) groups is 4. The Morgan fingerprint density at radius 3 is 2.40 bits per heavy atom. The van der Waals surface area contributed by atoms with Crippen LogP contribution in [0.4, 0.5) is 4.79 Å². The Kier molecular flexibility index (Phi) is 10.1. The summed E-state index contributed by atoms with van der Waals surface area (Å²) in [5, 5.41) is 8.09. The predicted molar refractivity (Wildman–Crippen MR) is 130 cm³/mol. The Hall–Kier alpha value is -2.94. The average molecular weight is 488 g/mol. The molecular weight excluding hydrogens is 450 g/mol. The number of amides is 3. The Bertz CT molecular complexity index is 863. The molecule has 3 rings (SSSR count). The first-order chi connectivity index (χ1) is 16.8. The summed E-state index contributed by atoms with van der Waals surface area (Å²) in [6.07, 6.45) is 3.42. The fourth-order valence-electron chi connectivity index (χ4n) is 4.00. The van der Waals surface area contributed by atoms with Gasteiger partial charge in [-0.2, -0.15) is 0 Å². The van der Waals surface area contributed by atoms with E-state index < -0.39 is 35.8 Å². The van der Waals surface area contributed by atoms with Crippen molar-refractivity contribution in [2.75, 3.05) is 13.2 Å². The van der Waals surface area contributed by atoms with Crippen molar-refractivity contribution in [1.29, 1.82) is 0 Å². The van der Waals surface area contributed by atoms with E-state index in [1.807, 2.05) is 44.2 Å². The number of Topliss-reactive ketones (excluding diaryl/α,β-unsaturated/α-hetero) is 1. The van der Waals surface area contributed by atoms with Crippen LogP contribution in [0.5, 0.6) is 0 Å². The number of ether oxygens (including phenoxy) is 2. The lowest BCUT2D eigenvalue weighted by atomic mass is 9.99. The van der Waals surface area contributed by atoms with Gasteiger partial charge in [0.2, 0.25) is 11.7 Å². The third kappa shape index (κ3) is 9.32. The van der Waals surface area contributed by atoms with Crippen LogP contribution in [0.2, 0.25) is 0 Å². The lowest BCUT2D eigenvalue weighted by molar-refractivity contribution is -0.140. The van der Waals surface area contributed by atoms with Crippen LogP contribution in [0.15, 0.2) is 30.3 Å². The molecule has 2 aliphatic rings. The molecular formula is C26H37N3O6. The highest BCUT2D eigenvalue weighted by Crippen LogP contribution is 2.19. The van der Waals surface area contributed by atoms with E-state index in [0.717, 1.165) is 24.8 Å². The molecule has 1 unspecified atom stereocenters. The maximum Gasteiger partial charge on any atom is 0.408 e. The molecule has 2 fully saturated rings. The normalized spacial score (nSPS) is 19.7. The number of benzene rings is 1. The van der Waals surface area contributed by atoms with Crippen LogP contribution in [-0.4, -0.2) is 61.1 Å². The summed E-state index contributed by atoms with van der Waals surface area (Å²) in [7, 11) is 0. The Morgan fingerprint density at radius 2 is 1.71 bits per heavy atom. The highest BCUT2D eigenvalue weighted by atomic mass is 16.6. The van der Waals surface area contributed by atoms with Crippen LogP contribution >= 0.6 is 0 Å². The van der Waals surface area contributed by atoms with Gasteiger partial charge >= 0.3 is 6.09 Å². The molecule has 1 heterocycles. The summed E-state index contributed by atoms with van der Waals surface area (Å²) in [6.45, 7) is 5.04. The summed E-state index contributed by atoms with van der Waals surface area (Å²) < 4.78 is 10.9. The Labute approximate surface area is 206 Å². The summed E-state index contributed by atoms with van der Waals surface area (Å²) in [4.78, 5) is 51.2. The van der Waals surface area contributed by atoms with E-state index >= 15 is 0 Å². The van der Waals surface area contributed by atoms with E-state index in [-0.39, 0.29) is 24.5 Å². The van der Waals surface area contributed by atoms with Gasteiger partial charge in [-0.15, -0.1) is 0 Å². The van der Waals surface area contributed by atoms with Gasteiger partial charge in [-0.3, -0.25) is 14.4 Å². The van der Waals surface area contributed by atoms with E-state index in [2.05, 4.69) is 16.0 Å². The number of nitrogens with one attached hydrogen (secondary N) is 3. The molecule has 1 saturated heterocycles. The molecule has 3 amide bonds. The van der Waals surface area contributed by atoms with Crippen molar-refractivity contribution in [3.8, 4) is 0 Å². The third-order valence-electron chi connectivity index (χ3n) is 6.04. The van der Waals surface area contributed by atoms with Gasteiger partial charge < -0.3 is 25.4 Å². The van der Waals surface area contributed by atoms with E-state index in [9.17, 15) is 19.2 Å². The predicted octanol–water partition coefficient (Wildman–Crippen LogP) is 2.27. The smallest absolute Gasteiger partial charge is 0.408 e. The van der Waals surface area contributed by atoms with Crippen LogP contribution < -0.4 is 16.0 Å². The van der Waals surface area contributed by atoms with E-state index in [1.54, 1.807) is 0 Å². The zero-order chi connectivity index (χ0) is 25.2. The molecule has 3 atom stereocenters. The SMILES string of the molecule is CC(C)C[C@H](NC(=O)OC1CCCOCC1)C(=O)N[C@@H](Cc1ccccc1)C(=O)C(=O)NC1CC1. The number of alkyl carbamates (subject to hydrolysis) is 1. The average Bonchev–Trinajstić information content (AvgIpc) is 3.66. The number of rotatable bonds is 11. The highest BCUT2D eigenvalue weighted by Gasteiger charge is 2.33. The summed E-state index contributed by atoms with van der Waals surface area (Å²) in [5.74, 6) is -1.82. The molecule has 1 saturated carbocycles. The highest BCUT2D eigenvalue weighted by molar-refractivity contribution is 6.38. The van der Waals surface area contributed by atoms with Crippen molar-refractivity contribution in [2.45, 2.75) is 83.0 Å². The minimum absolute atomic E-state index is 0.0269. The fourth-order valence-corrected chi connectivity index (χ4v) is 4.00. The molecule has 35 heavy (non-hydrogen) atoms. The molecule has 0 spiro atoms. The first kappa shape index (κ1) is 26.7. The minimum atomic E-state index is -1.05. The van der Waals surface area contributed by atoms with Gasteiger partial charge in [0, 0.05) is 25.5 Å². The van der Waals surface area contributed by atoms with Gasteiger partial charge in [0.25, 0.3) is 5.91 Å². The molecule has 192 valence electrons. The number of hydrogen-bond donors (Lipinski definition) is 3. The van der Waals surface area contributed by atoms with Gasteiger partial charge in [0.1, 0.15) is 18.2 Å². The van der Waals surface area contributed by atoms with Crippen LogP contribution in [-0.2, 0) is 30.3 Å². The van der Waals surface area contributed by atoms with Gasteiger partial charge in [0.05, 0.1) is 6.61 Å². The second-order valence-corrected chi connectivity index (χ2v) is 9.76. The molecule has 1 aromatic rings. The Balaban J connectivity index is 1.66. The number of hydrogen-bond acceptors (Lipinski definition) is 6. The maximum atomic E-state index is 13.2. The zero-order valence-corrected chi connectivity index (χ0v) is 20.6. The monoisotopic (exact) mass is 487 g/mol. The largest absolute Gasteiger partial charge is 0.446 e. The van der Waals surface area contributed by atoms with Crippen LogP contribution in [0.3, 0.4) is 0 Å². The molecule has 0 bridgehead atoms. The molecule has 0 radical (unpaired) electrons. The lowest BCUT2D eigenvalue weighted by Gasteiger charge is -2.24. The number of ketones is 1. The van der Waals surface area contributed by atoms with Gasteiger partial charge in [-0.05, 0) is 43.6 Å². The van der Waals surface area contributed by atoms with Crippen molar-refractivity contribution < 1.29 is 28.7 Å². The van der Waals surface area contributed by atoms with Crippen molar-refractivity contribution in [3.05, 3.63) is 35.9 Å². The van der Waals surface area contributed by atoms with Gasteiger partial charge in [-0.1, -0.05) is 44.2 Å². The van der Waals surface area contributed by atoms with Gasteiger partial charge in [-0.25, -0.2) is 4.79 Å². The summed E-state index contributed by atoms with van der Waals surface area (Å²) in [5.41, 5.74) is 0.814. The molecule has 0 aromatic heterocycles. The standard InChI is InChI=1S/C26H37N3O6/c1-17(2)15-22(29-26(33)35-20-9-6-13-34-14-12-20)24(31)28-21(16-18-7-4-3-5-8-18)23(30)25(32)27-19-10-11-19/h3-5,7-8,17,19-22H,6,9-16H2,1-2H3,(H,27,32)(H,28,31)(H,29,33)/t20?,21-,22-/m0/s1. The molecule has 3 N–H and O–H groups in total. The third-order valence-corrected chi connectivity index (χ3v) is 6.04. The fraction of sp³-hybridized carbons (Fsp3) is 0.615. The second kappa shape index (κ2) is 13.2. The van der Waals surface area contributed by atoms with Crippen LogP contribution in [0, 0.1) is 5.92 Å². The molecule has 1 aliphatic heterocycles. The van der Waals surface area contributed by atoms with Crippen LogP contribution in [0.25, 0.3) is 0 Å².